The van der Waals surface area contributed by atoms with E-state index in [0.29, 0.717) is 10.8 Å². The molecule has 1 aromatic heterocycles. The molecule has 1 aromatic carbocycles. The Hall–Kier alpha value is -0.590. The second kappa shape index (κ2) is 5.16. The van der Waals surface area contributed by atoms with Gasteiger partial charge in [-0.05, 0) is 52.4 Å². The normalized spacial score (nSPS) is 10.2. The van der Waals surface area contributed by atoms with E-state index < -0.39 is 0 Å². The quantitative estimate of drug-likeness (QED) is 0.642. The summed E-state index contributed by atoms with van der Waals surface area (Å²) in [4.78, 5) is 7.79. The summed E-state index contributed by atoms with van der Waals surface area (Å²) in [6.07, 6.45) is 1.47. The lowest BCUT2D eigenvalue weighted by molar-refractivity contribution is 1.17. The van der Waals surface area contributed by atoms with Crippen molar-refractivity contribution in [3.63, 3.8) is 0 Å². The van der Waals surface area contributed by atoms with Gasteiger partial charge >= 0.3 is 0 Å². The SMILES string of the molecule is Clc1ncc(Cl)c(Nc2cccc(I)c2)n1. The first-order valence-corrected chi connectivity index (χ1v) is 6.19. The van der Waals surface area contributed by atoms with Gasteiger partial charge < -0.3 is 5.32 Å². The third-order valence-corrected chi connectivity index (χ3v) is 2.93. The number of rotatable bonds is 2. The van der Waals surface area contributed by atoms with Gasteiger partial charge in [0.2, 0.25) is 5.28 Å². The van der Waals surface area contributed by atoms with E-state index in [1.807, 2.05) is 24.3 Å². The Kier molecular flexibility index (Phi) is 3.83. The Balaban J connectivity index is 2.30. The minimum atomic E-state index is 0.164. The van der Waals surface area contributed by atoms with Crippen LogP contribution >= 0.6 is 45.8 Å². The number of benzene rings is 1. The van der Waals surface area contributed by atoms with Crippen LogP contribution in [0.4, 0.5) is 11.5 Å². The molecule has 0 aliphatic carbocycles. The van der Waals surface area contributed by atoms with Crippen LogP contribution < -0.4 is 5.32 Å². The fourth-order valence-corrected chi connectivity index (χ4v) is 1.95. The van der Waals surface area contributed by atoms with Gasteiger partial charge in [0.05, 0.1) is 6.20 Å². The average molecular weight is 366 g/mol. The Morgan fingerprint density at radius 3 is 2.81 bits per heavy atom. The lowest BCUT2D eigenvalue weighted by Crippen LogP contribution is -1.96. The highest BCUT2D eigenvalue weighted by atomic mass is 127. The van der Waals surface area contributed by atoms with Crippen molar-refractivity contribution < 1.29 is 0 Å². The van der Waals surface area contributed by atoms with Crippen LogP contribution in [0.5, 0.6) is 0 Å². The van der Waals surface area contributed by atoms with Crippen molar-refractivity contribution in [1.82, 2.24) is 9.97 Å². The maximum Gasteiger partial charge on any atom is 0.224 e. The van der Waals surface area contributed by atoms with E-state index in [-0.39, 0.29) is 5.28 Å². The van der Waals surface area contributed by atoms with E-state index >= 15 is 0 Å². The van der Waals surface area contributed by atoms with Crippen LogP contribution in [0.1, 0.15) is 0 Å². The number of hydrogen-bond acceptors (Lipinski definition) is 3. The fourth-order valence-electron chi connectivity index (χ4n) is 1.14. The molecule has 0 aliphatic rings. The molecule has 0 spiro atoms. The van der Waals surface area contributed by atoms with Gasteiger partial charge in [-0.3, -0.25) is 0 Å². The third kappa shape index (κ3) is 2.96. The molecule has 2 rings (SSSR count). The molecule has 0 radical (unpaired) electrons. The van der Waals surface area contributed by atoms with Gasteiger partial charge in [-0.15, -0.1) is 0 Å². The minimum Gasteiger partial charge on any atom is -0.339 e. The molecule has 1 N–H and O–H groups in total. The largest absolute Gasteiger partial charge is 0.339 e. The van der Waals surface area contributed by atoms with Crippen LogP contribution in [0.25, 0.3) is 0 Å². The van der Waals surface area contributed by atoms with Crippen molar-refractivity contribution in [1.29, 1.82) is 0 Å². The van der Waals surface area contributed by atoms with Gasteiger partial charge in [-0.1, -0.05) is 17.7 Å². The van der Waals surface area contributed by atoms with E-state index in [0.717, 1.165) is 9.26 Å². The van der Waals surface area contributed by atoms with Crippen LogP contribution in [-0.4, -0.2) is 9.97 Å². The molecule has 3 nitrogen and oxygen atoms in total. The van der Waals surface area contributed by atoms with E-state index in [9.17, 15) is 0 Å². The molecule has 6 heteroatoms. The van der Waals surface area contributed by atoms with Gasteiger partial charge in [0.15, 0.2) is 5.82 Å². The molecule has 0 amide bonds. The third-order valence-electron chi connectivity index (χ3n) is 1.80. The number of aromatic nitrogens is 2. The average Bonchev–Trinajstić information content (AvgIpc) is 2.24. The Morgan fingerprint density at radius 1 is 1.25 bits per heavy atom. The maximum absolute atomic E-state index is 5.94. The molecule has 82 valence electrons. The van der Waals surface area contributed by atoms with Crippen LogP contribution in [0, 0.1) is 3.57 Å². The number of anilines is 2. The van der Waals surface area contributed by atoms with Crippen molar-refractivity contribution in [2.24, 2.45) is 0 Å². The molecular formula is C10H6Cl2IN3. The molecule has 0 aliphatic heterocycles. The van der Waals surface area contributed by atoms with Gasteiger partial charge in [0.1, 0.15) is 5.02 Å². The number of hydrogen-bond donors (Lipinski definition) is 1. The molecule has 16 heavy (non-hydrogen) atoms. The second-order valence-corrected chi connectivity index (χ2v) is 4.96. The van der Waals surface area contributed by atoms with Crippen molar-refractivity contribution in [3.8, 4) is 0 Å². The molecule has 0 fully saturated rings. The Bertz CT molecular complexity index is 519. The summed E-state index contributed by atoms with van der Waals surface area (Å²) < 4.78 is 1.12. The van der Waals surface area contributed by atoms with Crippen molar-refractivity contribution in [3.05, 3.63) is 44.3 Å². The number of nitrogens with zero attached hydrogens (tertiary/aromatic N) is 2. The molecule has 0 unspecified atom stereocenters. The van der Waals surface area contributed by atoms with E-state index in [2.05, 4.69) is 37.9 Å². The predicted octanol–water partition coefficient (Wildman–Crippen LogP) is 4.13. The Labute approximate surface area is 116 Å². The highest BCUT2D eigenvalue weighted by Gasteiger charge is 2.04. The highest BCUT2D eigenvalue weighted by Crippen LogP contribution is 2.24. The predicted molar refractivity (Wildman–Crippen MR) is 74.5 cm³/mol. The first kappa shape index (κ1) is 11.9. The van der Waals surface area contributed by atoms with Crippen molar-refractivity contribution in [2.45, 2.75) is 0 Å². The Morgan fingerprint density at radius 2 is 2.06 bits per heavy atom. The van der Waals surface area contributed by atoms with E-state index in [1.165, 1.54) is 6.20 Å². The first-order chi connectivity index (χ1) is 7.65. The van der Waals surface area contributed by atoms with Crippen molar-refractivity contribution >= 4 is 57.3 Å². The lowest BCUT2D eigenvalue weighted by Gasteiger charge is -2.07. The summed E-state index contributed by atoms with van der Waals surface area (Å²) in [5, 5.41) is 3.68. The second-order valence-electron chi connectivity index (χ2n) is 2.97. The summed E-state index contributed by atoms with van der Waals surface area (Å²) in [6, 6.07) is 7.85. The van der Waals surface area contributed by atoms with Gasteiger partial charge in [-0.25, -0.2) is 4.98 Å². The summed E-state index contributed by atoms with van der Waals surface area (Å²) in [5.41, 5.74) is 0.906. The minimum absolute atomic E-state index is 0.164. The molecule has 0 saturated heterocycles. The first-order valence-electron chi connectivity index (χ1n) is 4.36. The zero-order valence-electron chi connectivity index (χ0n) is 7.92. The molecule has 0 atom stereocenters. The number of halogens is 3. The van der Waals surface area contributed by atoms with Crippen LogP contribution in [0.15, 0.2) is 30.5 Å². The van der Waals surface area contributed by atoms with Gasteiger partial charge in [-0.2, -0.15) is 4.98 Å². The zero-order valence-corrected chi connectivity index (χ0v) is 11.6. The summed E-state index contributed by atoms with van der Waals surface area (Å²) in [7, 11) is 0. The van der Waals surface area contributed by atoms with E-state index in [4.69, 9.17) is 23.2 Å². The monoisotopic (exact) mass is 365 g/mol. The summed E-state index contributed by atoms with van der Waals surface area (Å²) >= 11 is 13.9. The van der Waals surface area contributed by atoms with Crippen LogP contribution in [0.2, 0.25) is 10.3 Å². The standard InChI is InChI=1S/C10H6Cl2IN3/c11-8-5-14-10(12)16-9(8)15-7-3-1-2-6(13)4-7/h1-5H,(H,14,15,16). The van der Waals surface area contributed by atoms with Gasteiger partial charge in [0.25, 0.3) is 0 Å². The fraction of sp³-hybridized carbons (Fsp3) is 0. The lowest BCUT2D eigenvalue weighted by atomic mass is 10.3. The molecule has 1 heterocycles. The molecule has 0 bridgehead atoms. The van der Waals surface area contributed by atoms with Crippen molar-refractivity contribution in [2.75, 3.05) is 5.32 Å². The summed E-state index contributed by atoms with van der Waals surface area (Å²) in [6.45, 7) is 0. The molecular weight excluding hydrogens is 360 g/mol. The molecule has 2 aromatic rings. The zero-order chi connectivity index (χ0) is 11.5. The van der Waals surface area contributed by atoms with E-state index in [1.54, 1.807) is 0 Å². The van der Waals surface area contributed by atoms with Crippen LogP contribution in [0.3, 0.4) is 0 Å². The summed E-state index contributed by atoms with van der Waals surface area (Å²) in [5.74, 6) is 0.503. The van der Waals surface area contributed by atoms with Gasteiger partial charge in [0, 0.05) is 9.26 Å². The molecule has 0 saturated carbocycles. The smallest absolute Gasteiger partial charge is 0.224 e. The topological polar surface area (TPSA) is 37.8 Å². The maximum atomic E-state index is 5.94. The van der Waals surface area contributed by atoms with Crippen LogP contribution in [-0.2, 0) is 0 Å². The number of nitrogens with one attached hydrogen (secondary N) is 1. The highest BCUT2D eigenvalue weighted by molar-refractivity contribution is 14.1.